The molecular formula is C14H15NO2. The number of benzene rings is 1. The van der Waals surface area contributed by atoms with E-state index in [1.807, 2.05) is 53.6 Å². The van der Waals surface area contributed by atoms with Crippen LogP contribution in [0.3, 0.4) is 0 Å². The van der Waals surface area contributed by atoms with E-state index < -0.39 is 0 Å². The maximum Gasteiger partial charge on any atom is 0.146 e. The van der Waals surface area contributed by atoms with E-state index in [0.29, 0.717) is 6.54 Å². The molecule has 1 atom stereocenters. The third-order valence-corrected chi connectivity index (χ3v) is 2.74. The molecule has 2 rings (SSSR count). The van der Waals surface area contributed by atoms with Crippen LogP contribution in [0.2, 0.25) is 0 Å². The van der Waals surface area contributed by atoms with Gasteiger partial charge in [0.25, 0.3) is 0 Å². The molecule has 0 bridgehead atoms. The van der Waals surface area contributed by atoms with Crippen LogP contribution < -0.4 is 4.74 Å². The van der Waals surface area contributed by atoms with Crippen molar-refractivity contribution in [1.82, 2.24) is 4.90 Å². The van der Waals surface area contributed by atoms with Gasteiger partial charge in [0, 0.05) is 12.7 Å². The first kappa shape index (κ1) is 11.5. The first-order chi connectivity index (χ1) is 8.33. The van der Waals surface area contributed by atoms with E-state index in [-0.39, 0.29) is 6.04 Å². The van der Waals surface area contributed by atoms with Crippen molar-refractivity contribution in [3.8, 4) is 5.75 Å². The van der Waals surface area contributed by atoms with Crippen molar-refractivity contribution in [1.29, 1.82) is 0 Å². The number of aldehydes is 1. The maximum absolute atomic E-state index is 10.9. The monoisotopic (exact) mass is 229 g/mol. The Morgan fingerprint density at radius 1 is 1.29 bits per heavy atom. The molecule has 0 aromatic heterocycles. The molecule has 0 aliphatic carbocycles. The summed E-state index contributed by atoms with van der Waals surface area (Å²) in [5, 5.41) is 0. The Kier molecular flexibility index (Phi) is 3.60. The zero-order valence-corrected chi connectivity index (χ0v) is 9.74. The molecule has 0 amide bonds. The summed E-state index contributed by atoms with van der Waals surface area (Å²) in [5.74, 6) is 0.842. The van der Waals surface area contributed by atoms with E-state index in [9.17, 15) is 4.79 Å². The number of nitrogens with zero attached hydrogens (tertiary/aromatic N) is 1. The summed E-state index contributed by atoms with van der Waals surface area (Å²) >= 11 is 0. The van der Waals surface area contributed by atoms with Crippen LogP contribution in [0.25, 0.3) is 0 Å². The number of methoxy groups -OCH3 is 1. The Hall–Kier alpha value is -2.03. The van der Waals surface area contributed by atoms with Crippen LogP contribution in [-0.2, 0) is 11.3 Å². The van der Waals surface area contributed by atoms with E-state index in [0.717, 1.165) is 17.6 Å². The quantitative estimate of drug-likeness (QED) is 0.741. The molecule has 0 saturated heterocycles. The van der Waals surface area contributed by atoms with Gasteiger partial charge < -0.3 is 14.4 Å². The van der Waals surface area contributed by atoms with Gasteiger partial charge in [-0.25, -0.2) is 0 Å². The second-order valence-corrected chi connectivity index (χ2v) is 3.87. The molecule has 0 fully saturated rings. The fraction of sp³-hybridized carbons (Fsp3) is 0.214. The number of carbonyl (C=O) groups excluding carboxylic acids is 1. The van der Waals surface area contributed by atoms with Gasteiger partial charge in [0.05, 0.1) is 7.11 Å². The molecular weight excluding hydrogens is 214 g/mol. The maximum atomic E-state index is 10.9. The lowest BCUT2D eigenvalue weighted by molar-refractivity contribution is -0.110. The summed E-state index contributed by atoms with van der Waals surface area (Å²) in [4.78, 5) is 12.9. The van der Waals surface area contributed by atoms with Crippen LogP contribution in [0.4, 0.5) is 0 Å². The summed E-state index contributed by atoms with van der Waals surface area (Å²) in [6.45, 7) is 0.717. The Balaban J connectivity index is 2.06. The van der Waals surface area contributed by atoms with Crippen molar-refractivity contribution < 1.29 is 9.53 Å². The van der Waals surface area contributed by atoms with Crippen molar-refractivity contribution in [3.05, 3.63) is 54.3 Å². The minimum absolute atomic E-state index is 0.165. The van der Waals surface area contributed by atoms with Crippen molar-refractivity contribution in [2.75, 3.05) is 7.11 Å². The SMILES string of the molecule is COc1ccc(CN2C=CC=CC2C=O)cc1. The van der Waals surface area contributed by atoms with E-state index >= 15 is 0 Å². The number of allylic oxidation sites excluding steroid dienone is 2. The highest BCUT2D eigenvalue weighted by atomic mass is 16.5. The van der Waals surface area contributed by atoms with Gasteiger partial charge in [-0.05, 0) is 23.8 Å². The number of carbonyl (C=O) groups is 1. The van der Waals surface area contributed by atoms with Gasteiger partial charge in [-0.15, -0.1) is 0 Å². The van der Waals surface area contributed by atoms with Gasteiger partial charge in [-0.3, -0.25) is 0 Å². The molecule has 17 heavy (non-hydrogen) atoms. The lowest BCUT2D eigenvalue weighted by Gasteiger charge is -2.26. The van der Waals surface area contributed by atoms with Crippen LogP contribution in [0.15, 0.2) is 48.7 Å². The molecule has 1 aliphatic rings. The Morgan fingerprint density at radius 3 is 2.71 bits per heavy atom. The van der Waals surface area contributed by atoms with Crippen LogP contribution >= 0.6 is 0 Å². The fourth-order valence-corrected chi connectivity index (χ4v) is 1.77. The highest BCUT2D eigenvalue weighted by Gasteiger charge is 2.13. The Labute approximate surface area is 101 Å². The number of hydrogen-bond acceptors (Lipinski definition) is 3. The second-order valence-electron chi connectivity index (χ2n) is 3.87. The molecule has 88 valence electrons. The molecule has 1 unspecified atom stereocenters. The first-order valence-electron chi connectivity index (χ1n) is 5.52. The number of hydrogen-bond donors (Lipinski definition) is 0. The molecule has 0 spiro atoms. The smallest absolute Gasteiger partial charge is 0.146 e. The van der Waals surface area contributed by atoms with Crippen molar-refractivity contribution >= 4 is 6.29 Å². The molecule has 1 aromatic carbocycles. The third kappa shape index (κ3) is 2.75. The molecule has 0 saturated carbocycles. The van der Waals surface area contributed by atoms with E-state index in [2.05, 4.69) is 0 Å². The van der Waals surface area contributed by atoms with Crippen molar-refractivity contribution in [2.24, 2.45) is 0 Å². The molecule has 3 nitrogen and oxygen atoms in total. The topological polar surface area (TPSA) is 29.5 Å². The summed E-state index contributed by atoms with van der Waals surface area (Å²) in [6, 6.07) is 7.70. The zero-order valence-electron chi connectivity index (χ0n) is 9.74. The minimum Gasteiger partial charge on any atom is -0.497 e. The first-order valence-corrected chi connectivity index (χ1v) is 5.52. The summed E-state index contributed by atoms with van der Waals surface area (Å²) < 4.78 is 5.11. The van der Waals surface area contributed by atoms with Crippen LogP contribution in [0.1, 0.15) is 5.56 Å². The fourth-order valence-electron chi connectivity index (χ4n) is 1.77. The van der Waals surface area contributed by atoms with Gasteiger partial charge in [-0.1, -0.05) is 24.3 Å². The Bertz CT molecular complexity index is 434. The summed E-state index contributed by atoms with van der Waals surface area (Å²) in [6.07, 6.45) is 8.59. The largest absolute Gasteiger partial charge is 0.497 e. The van der Waals surface area contributed by atoms with E-state index in [4.69, 9.17) is 4.74 Å². The van der Waals surface area contributed by atoms with Gasteiger partial charge in [0.15, 0.2) is 0 Å². The summed E-state index contributed by atoms with van der Waals surface area (Å²) in [5.41, 5.74) is 1.15. The molecule has 1 aliphatic heterocycles. The number of ether oxygens (including phenoxy) is 1. The standard InChI is InChI=1S/C14H15NO2/c1-17-14-7-5-12(6-8-14)10-15-9-3-2-4-13(15)11-16/h2-9,11,13H,10H2,1H3. The molecule has 3 heteroatoms. The van der Waals surface area contributed by atoms with Crippen molar-refractivity contribution in [3.63, 3.8) is 0 Å². The highest BCUT2D eigenvalue weighted by Crippen LogP contribution is 2.15. The molecule has 0 N–H and O–H groups in total. The van der Waals surface area contributed by atoms with Crippen LogP contribution in [0, 0.1) is 0 Å². The average Bonchev–Trinajstić information content (AvgIpc) is 2.40. The molecule has 0 radical (unpaired) electrons. The molecule has 1 aromatic rings. The third-order valence-electron chi connectivity index (χ3n) is 2.74. The lowest BCUT2D eigenvalue weighted by Crippen LogP contribution is -2.31. The zero-order chi connectivity index (χ0) is 12.1. The normalized spacial score (nSPS) is 18.2. The van der Waals surface area contributed by atoms with E-state index in [1.54, 1.807) is 7.11 Å². The van der Waals surface area contributed by atoms with Gasteiger partial charge in [-0.2, -0.15) is 0 Å². The predicted octanol–water partition coefficient (Wildman–Crippen LogP) is 2.15. The van der Waals surface area contributed by atoms with Crippen LogP contribution in [0.5, 0.6) is 5.75 Å². The van der Waals surface area contributed by atoms with Crippen molar-refractivity contribution in [2.45, 2.75) is 12.6 Å². The van der Waals surface area contributed by atoms with Gasteiger partial charge in [0.1, 0.15) is 18.1 Å². The van der Waals surface area contributed by atoms with Gasteiger partial charge >= 0.3 is 0 Å². The van der Waals surface area contributed by atoms with Crippen LogP contribution in [-0.4, -0.2) is 24.3 Å². The lowest BCUT2D eigenvalue weighted by atomic mass is 10.1. The highest BCUT2D eigenvalue weighted by molar-refractivity contribution is 5.62. The molecule has 1 heterocycles. The second kappa shape index (κ2) is 5.34. The Morgan fingerprint density at radius 2 is 2.06 bits per heavy atom. The minimum atomic E-state index is -0.165. The predicted molar refractivity (Wildman–Crippen MR) is 66.7 cm³/mol. The number of rotatable bonds is 4. The van der Waals surface area contributed by atoms with Gasteiger partial charge in [0.2, 0.25) is 0 Å². The van der Waals surface area contributed by atoms with E-state index in [1.165, 1.54) is 0 Å². The average molecular weight is 229 g/mol. The summed E-state index contributed by atoms with van der Waals surface area (Å²) in [7, 11) is 1.65.